The molecule has 1 saturated heterocycles. The van der Waals surface area contributed by atoms with Crippen LogP contribution in [0.15, 0.2) is 24.3 Å². The Morgan fingerprint density at radius 2 is 1.57 bits per heavy atom. The van der Waals surface area contributed by atoms with E-state index in [9.17, 15) is 14.4 Å². The standard InChI is InChI=1S/C21H25Br2NO4/c1-2-3-4-5-6-19(25)28-14-9-7-13(8-10-14)24-20(26)15-11-17(22)18(23)12-16(15)21(24)27/h7-10,15-18H,2-6,11-12H2,1H3/t15-,16+,17+,18-. The van der Waals surface area contributed by atoms with Crippen molar-refractivity contribution < 1.29 is 19.1 Å². The highest BCUT2D eigenvalue weighted by Crippen LogP contribution is 2.44. The van der Waals surface area contributed by atoms with Crippen LogP contribution in [0.25, 0.3) is 0 Å². The van der Waals surface area contributed by atoms with E-state index in [1.165, 1.54) is 4.90 Å². The molecule has 3 rings (SSSR count). The lowest BCUT2D eigenvalue weighted by Crippen LogP contribution is -2.34. The minimum absolute atomic E-state index is 0.139. The van der Waals surface area contributed by atoms with Crippen molar-refractivity contribution in [3.8, 4) is 5.75 Å². The molecule has 7 heteroatoms. The number of amides is 2. The Balaban J connectivity index is 1.62. The predicted molar refractivity (Wildman–Crippen MR) is 115 cm³/mol. The number of halogens is 2. The van der Waals surface area contributed by atoms with Crippen LogP contribution in [0.5, 0.6) is 5.75 Å². The summed E-state index contributed by atoms with van der Waals surface area (Å²) in [6.07, 6.45) is 5.79. The summed E-state index contributed by atoms with van der Waals surface area (Å²) in [5.41, 5.74) is 0.532. The van der Waals surface area contributed by atoms with Crippen LogP contribution in [0.3, 0.4) is 0 Å². The molecule has 1 aliphatic carbocycles. The number of unbranched alkanes of at least 4 members (excludes halogenated alkanes) is 3. The minimum atomic E-state index is -0.272. The van der Waals surface area contributed by atoms with E-state index in [2.05, 4.69) is 38.8 Å². The highest BCUT2D eigenvalue weighted by atomic mass is 79.9. The second kappa shape index (κ2) is 9.53. The van der Waals surface area contributed by atoms with E-state index >= 15 is 0 Å². The summed E-state index contributed by atoms with van der Waals surface area (Å²) in [6.45, 7) is 2.13. The van der Waals surface area contributed by atoms with E-state index in [0.717, 1.165) is 25.7 Å². The van der Waals surface area contributed by atoms with E-state index in [0.29, 0.717) is 30.7 Å². The fourth-order valence-corrected chi connectivity index (χ4v) is 5.13. The SMILES string of the molecule is CCCCCCC(=O)Oc1ccc(N2C(=O)[C@H]3C[C@@H](Br)[C@@H](Br)C[C@H]3C2=O)cc1. The first kappa shape index (κ1) is 21.5. The molecule has 2 aliphatic rings. The van der Waals surface area contributed by atoms with Crippen molar-refractivity contribution in [2.75, 3.05) is 4.90 Å². The van der Waals surface area contributed by atoms with Crippen LogP contribution in [0, 0.1) is 11.8 Å². The Labute approximate surface area is 182 Å². The first-order chi connectivity index (χ1) is 13.4. The Kier molecular flexibility index (Phi) is 7.31. The van der Waals surface area contributed by atoms with Crippen LogP contribution < -0.4 is 9.64 Å². The number of hydrogen-bond donors (Lipinski definition) is 0. The van der Waals surface area contributed by atoms with Gasteiger partial charge in [0.2, 0.25) is 11.8 Å². The van der Waals surface area contributed by atoms with Crippen molar-refractivity contribution in [3.63, 3.8) is 0 Å². The third-order valence-electron chi connectivity index (χ3n) is 5.47. The smallest absolute Gasteiger partial charge is 0.311 e. The summed E-state index contributed by atoms with van der Waals surface area (Å²) >= 11 is 7.19. The van der Waals surface area contributed by atoms with Crippen molar-refractivity contribution in [1.82, 2.24) is 0 Å². The third kappa shape index (κ3) is 4.67. The van der Waals surface area contributed by atoms with Crippen molar-refractivity contribution in [2.24, 2.45) is 11.8 Å². The molecule has 0 aromatic heterocycles. The van der Waals surface area contributed by atoms with Crippen LogP contribution in [-0.4, -0.2) is 27.4 Å². The molecule has 2 fully saturated rings. The van der Waals surface area contributed by atoms with Crippen molar-refractivity contribution in [3.05, 3.63) is 24.3 Å². The quantitative estimate of drug-likeness (QED) is 0.169. The van der Waals surface area contributed by atoms with Gasteiger partial charge in [-0.05, 0) is 43.5 Å². The first-order valence-corrected chi connectivity index (χ1v) is 11.7. The van der Waals surface area contributed by atoms with Gasteiger partial charge in [-0.3, -0.25) is 19.3 Å². The van der Waals surface area contributed by atoms with E-state index in [-0.39, 0.29) is 39.3 Å². The zero-order valence-electron chi connectivity index (χ0n) is 15.9. The lowest BCUT2D eigenvalue weighted by molar-refractivity contribution is -0.134. The predicted octanol–water partition coefficient (Wildman–Crippen LogP) is 4.99. The van der Waals surface area contributed by atoms with Crippen molar-refractivity contribution in [2.45, 2.75) is 61.5 Å². The van der Waals surface area contributed by atoms with Gasteiger partial charge in [0.15, 0.2) is 0 Å². The van der Waals surface area contributed by atoms with E-state index in [4.69, 9.17) is 4.74 Å². The molecule has 1 aromatic rings. The van der Waals surface area contributed by atoms with E-state index in [1.807, 2.05) is 0 Å². The third-order valence-corrected chi connectivity index (χ3v) is 8.21. The summed E-state index contributed by atoms with van der Waals surface area (Å²) in [5, 5.41) is 0. The van der Waals surface area contributed by atoms with Crippen molar-refractivity contribution in [1.29, 1.82) is 0 Å². The molecule has 28 heavy (non-hydrogen) atoms. The lowest BCUT2D eigenvalue weighted by Gasteiger charge is -2.29. The molecule has 5 nitrogen and oxygen atoms in total. The van der Waals surface area contributed by atoms with Gasteiger partial charge in [0, 0.05) is 16.1 Å². The number of carbonyl (C=O) groups excluding carboxylic acids is 3. The molecular formula is C21H25Br2NO4. The number of alkyl halides is 2. The minimum Gasteiger partial charge on any atom is -0.427 e. The molecule has 0 spiro atoms. The molecule has 1 heterocycles. The van der Waals surface area contributed by atoms with Gasteiger partial charge < -0.3 is 4.74 Å². The summed E-state index contributed by atoms with van der Waals surface area (Å²) < 4.78 is 5.35. The maximum atomic E-state index is 12.8. The highest BCUT2D eigenvalue weighted by molar-refractivity contribution is 9.12. The normalized spacial score (nSPS) is 27.0. The maximum absolute atomic E-state index is 12.8. The van der Waals surface area contributed by atoms with Gasteiger partial charge >= 0.3 is 5.97 Å². The molecule has 2 amide bonds. The molecule has 1 saturated carbocycles. The van der Waals surface area contributed by atoms with E-state index < -0.39 is 0 Å². The first-order valence-electron chi connectivity index (χ1n) is 9.89. The monoisotopic (exact) mass is 513 g/mol. The Morgan fingerprint density at radius 3 is 2.11 bits per heavy atom. The van der Waals surface area contributed by atoms with Crippen molar-refractivity contribution >= 4 is 55.3 Å². The Morgan fingerprint density at radius 1 is 1.00 bits per heavy atom. The lowest BCUT2D eigenvalue weighted by atomic mass is 9.81. The zero-order chi connectivity index (χ0) is 20.3. The molecule has 152 valence electrons. The number of ether oxygens (including phenoxy) is 1. The van der Waals surface area contributed by atoms with Gasteiger partial charge in [-0.15, -0.1) is 0 Å². The second-order valence-electron chi connectivity index (χ2n) is 7.51. The molecule has 4 atom stereocenters. The zero-order valence-corrected chi connectivity index (χ0v) is 19.1. The molecule has 0 bridgehead atoms. The number of esters is 1. The number of benzene rings is 1. The summed E-state index contributed by atoms with van der Waals surface area (Å²) in [5.74, 6) is -0.645. The number of anilines is 1. The van der Waals surface area contributed by atoms with Crippen LogP contribution in [0.1, 0.15) is 51.9 Å². The fraction of sp³-hybridized carbons (Fsp3) is 0.571. The number of imide groups is 1. The number of carbonyl (C=O) groups is 3. The number of fused-ring (bicyclic) bond motifs is 1. The Hall–Kier alpha value is -1.21. The van der Waals surface area contributed by atoms with Gasteiger partial charge in [-0.25, -0.2) is 0 Å². The van der Waals surface area contributed by atoms with Gasteiger partial charge in [-0.2, -0.15) is 0 Å². The van der Waals surface area contributed by atoms with Crippen LogP contribution in [0.2, 0.25) is 0 Å². The van der Waals surface area contributed by atoms with Crippen LogP contribution in [0.4, 0.5) is 5.69 Å². The molecule has 0 radical (unpaired) electrons. The Bertz CT molecular complexity index is 708. The number of nitrogens with zero attached hydrogens (tertiary/aromatic N) is 1. The molecule has 1 aromatic carbocycles. The number of hydrogen-bond acceptors (Lipinski definition) is 4. The summed E-state index contributed by atoms with van der Waals surface area (Å²) in [7, 11) is 0. The van der Waals surface area contributed by atoms with Gasteiger partial charge in [0.1, 0.15) is 5.75 Å². The fourth-order valence-electron chi connectivity index (χ4n) is 3.89. The molecule has 0 unspecified atom stereocenters. The largest absolute Gasteiger partial charge is 0.427 e. The van der Waals surface area contributed by atoms with Gasteiger partial charge in [0.05, 0.1) is 17.5 Å². The summed E-state index contributed by atoms with van der Waals surface area (Å²) in [6, 6.07) is 6.62. The topological polar surface area (TPSA) is 63.7 Å². The molecule has 1 aliphatic heterocycles. The number of rotatable bonds is 7. The molecular weight excluding hydrogens is 490 g/mol. The highest BCUT2D eigenvalue weighted by Gasteiger charge is 2.52. The average Bonchev–Trinajstić information content (AvgIpc) is 2.90. The van der Waals surface area contributed by atoms with E-state index in [1.54, 1.807) is 24.3 Å². The van der Waals surface area contributed by atoms with Gasteiger partial charge in [0.25, 0.3) is 0 Å². The maximum Gasteiger partial charge on any atom is 0.311 e. The molecule has 0 N–H and O–H groups in total. The second-order valence-corrected chi connectivity index (χ2v) is 9.86. The summed E-state index contributed by atoms with van der Waals surface area (Å²) in [4.78, 5) is 39.2. The van der Waals surface area contributed by atoms with Crippen LogP contribution in [-0.2, 0) is 14.4 Å². The van der Waals surface area contributed by atoms with Gasteiger partial charge in [-0.1, -0.05) is 58.0 Å². The van der Waals surface area contributed by atoms with Crippen LogP contribution >= 0.6 is 31.9 Å². The average molecular weight is 515 g/mol.